The lowest BCUT2D eigenvalue weighted by Gasteiger charge is -2.23. The highest BCUT2D eigenvalue weighted by molar-refractivity contribution is 6.35. The van der Waals surface area contributed by atoms with E-state index in [0.717, 1.165) is 12.8 Å². The number of amides is 1. The summed E-state index contributed by atoms with van der Waals surface area (Å²) in [6.07, 6.45) is -0.459. The van der Waals surface area contributed by atoms with E-state index in [-0.39, 0.29) is 0 Å². The molecule has 0 fully saturated rings. The summed E-state index contributed by atoms with van der Waals surface area (Å²) < 4.78 is 4.98. The molecule has 1 rings (SSSR count). The number of halogens is 2. The number of rotatable bonds is 6. The van der Waals surface area contributed by atoms with Crippen molar-refractivity contribution in [1.82, 2.24) is 0 Å². The number of hydrogen-bond donors (Lipinski definition) is 2. The molecule has 19 heavy (non-hydrogen) atoms. The summed E-state index contributed by atoms with van der Waals surface area (Å²) in [5.74, 6) is 0. The molecule has 1 aromatic carbocycles. The summed E-state index contributed by atoms with van der Waals surface area (Å²) in [6.45, 7) is 2.01. The first kappa shape index (κ1) is 16.1. The highest BCUT2D eigenvalue weighted by atomic mass is 35.5. The number of aliphatic hydroxyl groups is 1. The van der Waals surface area contributed by atoms with E-state index in [9.17, 15) is 9.90 Å². The minimum atomic E-state index is -0.952. The van der Waals surface area contributed by atoms with Crippen LogP contribution < -0.4 is 5.73 Å². The van der Waals surface area contributed by atoms with E-state index in [2.05, 4.69) is 0 Å². The molecule has 0 radical (unpaired) electrons. The number of benzene rings is 1. The Morgan fingerprint density at radius 1 is 1.47 bits per heavy atom. The second-order valence-corrected chi connectivity index (χ2v) is 5.08. The maximum atomic E-state index is 11.0. The summed E-state index contributed by atoms with van der Waals surface area (Å²) >= 11 is 11.9. The summed E-state index contributed by atoms with van der Waals surface area (Å²) in [5.41, 5.74) is 5.53. The number of carbonyl (C=O) groups excluding carboxylic acids is 1. The molecule has 0 heterocycles. The molecule has 0 saturated heterocycles. The third-order valence-corrected chi connectivity index (χ3v) is 3.28. The normalized spacial score (nSPS) is 13.9. The fraction of sp³-hybridized carbons (Fsp3) is 0.462. The van der Waals surface area contributed by atoms with Crippen LogP contribution in [0.25, 0.3) is 0 Å². The number of aliphatic hydroxyl groups excluding tert-OH is 1. The fourth-order valence-corrected chi connectivity index (χ4v) is 2.29. The topological polar surface area (TPSA) is 72.6 Å². The van der Waals surface area contributed by atoms with E-state index < -0.39 is 18.3 Å². The first-order valence-electron chi connectivity index (χ1n) is 6.04. The van der Waals surface area contributed by atoms with Crippen LogP contribution in [-0.2, 0) is 4.74 Å². The monoisotopic (exact) mass is 305 g/mol. The third kappa shape index (κ3) is 4.90. The van der Waals surface area contributed by atoms with Crippen LogP contribution in [0.2, 0.25) is 10.0 Å². The lowest BCUT2D eigenvalue weighted by molar-refractivity contribution is -0.0000379. The number of ether oxygens (including phenoxy) is 1. The molecule has 0 aliphatic carbocycles. The highest BCUT2D eigenvalue weighted by Gasteiger charge is 2.26. The van der Waals surface area contributed by atoms with Crippen molar-refractivity contribution in [3.05, 3.63) is 33.8 Å². The Hall–Kier alpha value is -0.970. The minimum Gasteiger partial charge on any atom is -0.439 e. The number of hydrogen-bond acceptors (Lipinski definition) is 3. The van der Waals surface area contributed by atoms with Gasteiger partial charge >= 0.3 is 6.09 Å². The van der Waals surface area contributed by atoms with Crippen LogP contribution in [0.5, 0.6) is 0 Å². The van der Waals surface area contributed by atoms with Crippen molar-refractivity contribution in [1.29, 1.82) is 0 Å². The lowest BCUT2D eigenvalue weighted by Crippen LogP contribution is -2.27. The standard InChI is InChI=1S/C13H17Cl2NO3/c1-2-3-4-11(17)12(19-13(16)18)9-6-5-8(14)7-10(9)15/h5-7,11-12,17H,2-4H2,1H3,(H2,16,18)/t11-,12-/m0/s1. The molecule has 3 N–H and O–H groups in total. The van der Waals surface area contributed by atoms with Crippen LogP contribution in [0.1, 0.15) is 37.9 Å². The number of unbranched alkanes of at least 4 members (excludes halogenated alkanes) is 1. The molecule has 0 unspecified atom stereocenters. The molecule has 1 amide bonds. The predicted octanol–water partition coefficient (Wildman–Crippen LogP) is 3.68. The predicted molar refractivity (Wildman–Crippen MR) is 75.4 cm³/mol. The summed E-state index contributed by atoms with van der Waals surface area (Å²) in [5, 5.41) is 10.9. The van der Waals surface area contributed by atoms with Crippen LogP contribution >= 0.6 is 23.2 Å². The molecule has 0 aromatic heterocycles. The van der Waals surface area contributed by atoms with Crippen LogP contribution in [0.15, 0.2) is 18.2 Å². The van der Waals surface area contributed by atoms with Gasteiger partial charge < -0.3 is 15.6 Å². The number of nitrogens with two attached hydrogens (primary N) is 1. The van der Waals surface area contributed by atoms with Gasteiger partial charge in [-0.2, -0.15) is 0 Å². The van der Waals surface area contributed by atoms with Gasteiger partial charge in [0.25, 0.3) is 0 Å². The Balaban J connectivity index is 2.98. The zero-order chi connectivity index (χ0) is 14.4. The second kappa shape index (κ2) is 7.58. The number of primary amides is 1. The van der Waals surface area contributed by atoms with E-state index in [4.69, 9.17) is 33.7 Å². The molecule has 1 aromatic rings. The van der Waals surface area contributed by atoms with E-state index in [1.807, 2.05) is 6.92 Å². The Bertz CT molecular complexity index is 440. The summed E-state index contributed by atoms with van der Waals surface area (Å²) in [6, 6.07) is 4.77. The van der Waals surface area contributed by atoms with Gasteiger partial charge in [-0.3, -0.25) is 0 Å². The van der Waals surface area contributed by atoms with Gasteiger partial charge in [0.2, 0.25) is 0 Å². The van der Waals surface area contributed by atoms with Gasteiger partial charge in [0.15, 0.2) is 6.10 Å². The summed E-state index contributed by atoms with van der Waals surface area (Å²) in [4.78, 5) is 11.0. The maximum Gasteiger partial charge on any atom is 0.405 e. The molecule has 4 nitrogen and oxygen atoms in total. The Kier molecular flexibility index (Phi) is 6.42. The molecule has 6 heteroatoms. The van der Waals surface area contributed by atoms with Gasteiger partial charge in [-0.25, -0.2) is 4.79 Å². The highest BCUT2D eigenvalue weighted by Crippen LogP contribution is 2.32. The first-order chi connectivity index (χ1) is 8.95. The van der Waals surface area contributed by atoms with Crippen molar-refractivity contribution >= 4 is 29.3 Å². The first-order valence-corrected chi connectivity index (χ1v) is 6.80. The molecule has 0 saturated carbocycles. The van der Waals surface area contributed by atoms with Crippen LogP contribution in [0, 0.1) is 0 Å². The minimum absolute atomic E-state index is 0.328. The molecular weight excluding hydrogens is 289 g/mol. The van der Waals surface area contributed by atoms with Gasteiger partial charge in [0.1, 0.15) is 0 Å². The van der Waals surface area contributed by atoms with Gasteiger partial charge in [0.05, 0.1) is 6.10 Å². The average Bonchev–Trinajstić information content (AvgIpc) is 2.33. The molecule has 106 valence electrons. The Labute approximate surface area is 122 Å². The van der Waals surface area contributed by atoms with Crippen LogP contribution in [0.4, 0.5) is 4.79 Å². The van der Waals surface area contributed by atoms with E-state index >= 15 is 0 Å². The molecular formula is C13H17Cl2NO3. The number of carbonyl (C=O) groups is 1. The van der Waals surface area contributed by atoms with Crippen molar-refractivity contribution < 1.29 is 14.6 Å². The van der Waals surface area contributed by atoms with Crippen molar-refractivity contribution in [2.75, 3.05) is 0 Å². The third-order valence-electron chi connectivity index (χ3n) is 2.72. The second-order valence-electron chi connectivity index (χ2n) is 4.23. The lowest BCUT2D eigenvalue weighted by atomic mass is 10.00. The summed E-state index contributed by atoms with van der Waals surface area (Å²) in [7, 11) is 0. The van der Waals surface area contributed by atoms with Gasteiger partial charge in [-0.1, -0.05) is 49.0 Å². The largest absolute Gasteiger partial charge is 0.439 e. The smallest absolute Gasteiger partial charge is 0.405 e. The SMILES string of the molecule is CCCC[C@H](O)[C@@H](OC(N)=O)c1ccc(Cl)cc1Cl. The van der Waals surface area contributed by atoms with Crippen molar-refractivity contribution in [3.63, 3.8) is 0 Å². The molecule has 0 bridgehead atoms. The molecule has 0 aliphatic rings. The van der Waals surface area contributed by atoms with E-state index in [1.165, 1.54) is 6.07 Å². The van der Waals surface area contributed by atoms with Gasteiger partial charge in [-0.05, 0) is 18.6 Å². The molecule has 2 atom stereocenters. The zero-order valence-electron chi connectivity index (χ0n) is 10.6. The van der Waals surface area contributed by atoms with Crippen LogP contribution in [0.3, 0.4) is 0 Å². The Morgan fingerprint density at radius 3 is 2.68 bits per heavy atom. The van der Waals surface area contributed by atoms with E-state index in [0.29, 0.717) is 22.0 Å². The maximum absolute atomic E-state index is 11.0. The van der Waals surface area contributed by atoms with Crippen molar-refractivity contribution in [2.24, 2.45) is 5.73 Å². The van der Waals surface area contributed by atoms with Crippen LogP contribution in [-0.4, -0.2) is 17.3 Å². The van der Waals surface area contributed by atoms with Crippen molar-refractivity contribution in [3.8, 4) is 0 Å². The van der Waals surface area contributed by atoms with Gasteiger partial charge in [0, 0.05) is 15.6 Å². The fourth-order valence-electron chi connectivity index (χ4n) is 1.77. The van der Waals surface area contributed by atoms with E-state index in [1.54, 1.807) is 12.1 Å². The quantitative estimate of drug-likeness (QED) is 0.842. The van der Waals surface area contributed by atoms with Crippen molar-refractivity contribution in [2.45, 2.75) is 38.4 Å². The van der Waals surface area contributed by atoms with Gasteiger partial charge in [-0.15, -0.1) is 0 Å². The average molecular weight is 306 g/mol. The Morgan fingerprint density at radius 2 is 2.16 bits per heavy atom. The molecule has 0 spiro atoms. The zero-order valence-corrected chi connectivity index (χ0v) is 12.1. The molecule has 0 aliphatic heterocycles.